The topological polar surface area (TPSA) is 49.9 Å². The molecule has 11 heteroatoms. The highest BCUT2D eigenvalue weighted by atomic mass is 19.4. The molecular formula is C18H12F6N2O3. The second-order valence-electron chi connectivity index (χ2n) is 5.99. The second kappa shape index (κ2) is 6.98. The molecule has 29 heavy (non-hydrogen) atoms. The van der Waals surface area contributed by atoms with E-state index in [0.29, 0.717) is 17.8 Å². The van der Waals surface area contributed by atoms with Gasteiger partial charge in [0.25, 0.3) is 0 Å². The maximum atomic E-state index is 13.1. The molecule has 0 saturated carbocycles. The van der Waals surface area contributed by atoms with Crippen LogP contribution in [-0.2, 0) is 9.59 Å². The van der Waals surface area contributed by atoms with Crippen LogP contribution in [-0.4, -0.2) is 41.1 Å². The van der Waals surface area contributed by atoms with Gasteiger partial charge in [0.05, 0.1) is 7.11 Å². The molecule has 1 aliphatic heterocycles. The Balaban J connectivity index is 2.26. The van der Waals surface area contributed by atoms with Gasteiger partial charge in [0.2, 0.25) is 0 Å². The van der Waals surface area contributed by atoms with Gasteiger partial charge in [0, 0.05) is 18.0 Å². The van der Waals surface area contributed by atoms with Crippen LogP contribution in [0.3, 0.4) is 0 Å². The maximum absolute atomic E-state index is 13.1. The number of hydrogen-bond donors (Lipinski definition) is 0. The zero-order valence-corrected chi connectivity index (χ0v) is 14.6. The molecule has 2 aromatic carbocycles. The molecule has 3 rings (SSSR count). The molecule has 1 aliphatic rings. The van der Waals surface area contributed by atoms with Crippen LogP contribution >= 0.6 is 0 Å². The van der Waals surface area contributed by atoms with Crippen LogP contribution in [0.5, 0.6) is 5.75 Å². The van der Waals surface area contributed by atoms with Crippen molar-refractivity contribution in [3.8, 4) is 5.75 Å². The van der Waals surface area contributed by atoms with E-state index in [-0.39, 0.29) is 26.5 Å². The number of carbonyl (C=O) groups is 2. The Hall–Kier alpha value is -3.24. The first-order valence-electron chi connectivity index (χ1n) is 7.99. The van der Waals surface area contributed by atoms with E-state index in [2.05, 4.69) is 0 Å². The van der Waals surface area contributed by atoms with Gasteiger partial charge in [-0.15, -0.1) is 0 Å². The van der Waals surface area contributed by atoms with Crippen LogP contribution in [0.1, 0.15) is 11.7 Å². The molecule has 154 valence electrons. The largest absolute Gasteiger partial charge is 0.496 e. The second-order valence-corrected chi connectivity index (χ2v) is 5.99. The average molecular weight is 418 g/mol. The van der Waals surface area contributed by atoms with Crippen LogP contribution in [0, 0.1) is 0 Å². The summed E-state index contributed by atoms with van der Waals surface area (Å²) < 4.78 is 83.5. The minimum atomic E-state index is -5.38. The monoisotopic (exact) mass is 418 g/mol. The van der Waals surface area contributed by atoms with Gasteiger partial charge in [0.1, 0.15) is 11.9 Å². The molecule has 0 bridgehead atoms. The summed E-state index contributed by atoms with van der Waals surface area (Å²) >= 11 is 0. The van der Waals surface area contributed by atoms with E-state index < -0.39 is 30.3 Å². The van der Waals surface area contributed by atoms with Gasteiger partial charge in [-0.1, -0.05) is 30.3 Å². The van der Waals surface area contributed by atoms with Crippen molar-refractivity contribution in [2.24, 2.45) is 0 Å². The van der Waals surface area contributed by atoms with E-state index in [4.69, 9.17) is 4.74 Å². The standard InChI is InChI=1S/C18H12F6N2O3/c1-29-12-7-6-10-4-2-3-5-11(10)13(12)14-25(15(27)17(19,20)21)8-9-26(14)16(28)18(22,23)24/h2-9,14H,1H3. The fourth-order valence-electron chi connectivity index (χ4n) is 3.09. The van der Waals surface area contributed by atoms with Crippen LogP contribution in [0.4, 0.5) is 26.3 Å². The lowest BCUT2D eigenvalue weighted by atomic mass is 10.00. The number of amides is 2. The normalized spacial score (nSPS) is 15.3. The van der Waals surface area contributed by atoms with Gasteiger partial charge in [-0.2, -0.15) is 26.3 Å². The summed E-state index contributed by atoms with van der Waals surface area (Å²) in [6.07, 6.45) is -11.8. The summed E-state index contributed by atoms with van der Waals surface area (Å²) in [6, 6.07) is 9.03. The molecule has 0 aliphatic carbocycles. The number of ether oxygens (including phenoxy) is 1. The molecular weight excluding hydrogens is 406 g/mol. The predicted octanol–water partition coefficient (Wildman–Crippen LogP) is 4.11. The van der Waals surface area contributed by atoms with E-state index in [9.17, 15) is 35.9 Å². The van der Waals surface area contributed by atoms with E-state index in [1.54, 1.807) is 18.2 Å². The molecule has 0 atom stereocenters. The zero-order chi connectivity index (χ0) is 21.6. The molecule has 0 aromatic heterocycles. The van der Waals surface area contributed by atoms with Crippen molar-refractivity contribution >= 4 is 22.6 Å². The smallest absolute Gasteiger partial charge is 0.471 e. The summed E-state index contributed by atoms with van der Waals surface area (Å²) in [6.45, 7) is 0. The SMILES string of the molecule is COc1ccc2ccccc2c1C1N(C(=O)C(F)(F)F)C=CN1C(=O)C(F)(F)F. The van der Waals surface area contributed by atoms with Gasteiger partial charge in [-0.3, -0.25) is 19.4 Å². The highest BCUT2D eigenvalue weighted by Gasteiger charge is 2.52. The Labute approximate surface area is 159 Å². The fraction of sp³-hybridized carbons (Fsp3) is 0.222. The Morgan fingerprint density at radius 2 is 1.38 bits per heavy atom. The zero-order valence-electron chi connectivity index (χ0n) is 14.6. The van der Waals surface area contributed by atoms with Gasteiger partial charge < -0.3 is 4.74 Å². The van der Waals surface area contributed by atoms with E-state index in [0.717, 1.165) is 0 Å². The first-order chi connectivity index (χ1) is 13.5. The Morgan fingerprint density at radius 3 is 1.86 bits per heavy atom. The summed E-state index contributed by atoms with van der Waals surface area (Å²) in [5.41, 5.74) is -0.189. The van der Waals surface area contributed by atoms with Crippen molar-refractivity contribution in [1.82, 2.24) is 9.80 Å². The number of methoxy groups -OCH3 is 1. The number of rotatable bonds is 2. The lowest BCUT2D eigenvalue weighted by Gasteiger charge is -2.32. The lowest BCUT2D eigenvalue weighted by molar-refractivity contribution is -0.193. The van der Waals surface area contributed by atoms with Crippen molar-refractivity contribution in [3.63, 3.8) is 0 Å². The van der Waals surface area contributed by atoms with Gasteiger partial charge in [-0.05, 0) is 16.8 Å². The molecule has 0 spiro atoms. The summed E-state index contributed by atoms with van der Waals surface area (Å²) in [7, 11) is 1.17. The van der Waals surface area contributed by atoms with Crippen molar-refractivity contribution < 1.29 is 40.7 Å². The van der Waals surface area contributed by atoms with Gasteiger partial charge in [0.15, 0.2) is 0 Å². The first-order valence-corrected chi connectivity index (χ1v) is 7.99. The van der Waals surface area contributed by atoms with E-state index >= 15 is 0 Å². The lowest BCUT2D eigenvalue weighted by Crippen LogP contribution is -2.46. The van der Waals surface area contributed by atoms with Crippen LogP contribution in [0.15, 0.2) is 48.8 Å². The van der Waals surface area contributed by atoms with Crippen molar-refractivity contribution in [2.75, 3.05) is 7.11 Å². The minimum absolute atomic E-state index is 0.0356. The van der Waals surface area contributed by atoms with Gasteiger partial charge >= 0.3 is 24.2 Å². The van der Waals surface area contributed by atoms with Crippen LogP contribution < -0.4 is 4.74 Å². The average Bonchev–Trinajstić information content (AvgIpc) is 3.08. The highest BCUT2D eigenvalue weighted by molar-refractivity contribution is 5.92. The predicted molar refractivity (Wildman–Crippen MR) is 88.2 cm³/mol. The third-order valence-corrected chi connectivity index (χ3v) is 4.28. The number of hydrogen-bond acceptors (Lipinski definition) is 3. The highest BCUT2D eigenvalue weighted by Crippen LogP contribution is 2.43. The molecule has 1 heterocycles. The molecule has 0 fully saturated rings. The number of carbonyl (C=O) groups excluding carboxylic acids is 2. The molecule has 5 nitrogen and oxygen atoms in total. The van der Waals surface area contributed by atoms with Crippen molar-refractivity contribution in [2.45, 2.75) is 18.5 Å². The van der Waals surface area contributed by atoms with Gasteiger partial charge in [-0.25, -0.2) is 0 Å². The van der Waals surface area contributed by atoms with Crippen LogP contribution in [0.2, 0.25) is 0 Å². The molecule has 0 radical (unpaired) electrons. The third kappa shape index (κ3) is 3.59. The molecule has 0 N–H and O–H groups in total. The van der Waals surface area contributed by atoms with Crippen molar-refractivity contribution in [1.29, 1.82) is 0 Å². The summed E-state index contributed by atoms with van der Waals surface area (Å²) in [5.74, 6) is -4.94. The fourth-order valence-corrected chi connectivity index (χ4v) is 3.09. The first kappa shape index (κ1) is 20.5. The maximum Gasteiger partial charge on any atom is 0.471 e. The Morgan fingerprint density at radius 1 is 0.862 bits per heavy atom. The molecule has 0 unspecified atom stereocenters. The molecule has 2 amide bonds. The Bertz CT molecular complexity index is 963. The number of fused-ring (bicyclic) bond motifs is 1. The van der Waals surface area contributed by atoms with E-state index in [1.807, 2.05) is 0 Å². The van der Waals surface area contributed by atoms with E-state index in [1.165, 1.54) is 25.3 Å². The number of nitrogens with zero attached hydrogens (tertiary/aromatic N) is 2. The number of alkyl halides is 6. The summed E-state index contributed by atoms with van der Waals surface area (Å²) in [4.78, 5) is 23.9. The number of halogens is 6. The summed E-state index contributed by atoms with van der Waals surface area (Å²) in [5, 5.41) is 0.689. The minimum Gasteiger partial charge on any atom is -0.496 e. The number of benzene rings is 2. The molecule has 0 saturated heterocycles. The molecule has 2 aromatic rings. The van der Waals surface area contributed by atoms with Crippen LogP contribution in [0.25, 0.3) is 10.8 Å². The quantitative estimate of drug-likeness (QED) is 0.690. The third-order valence-electron chi connectivity index (χ3n) is 4.28. The van der Waals surface area contributed by atoms with Crippen molar-refractivity contribution in [3.05, 3.63) is 54.4 Å². The Kier molecular flexibility index (Phi) is 4.93.